The molecule has 0 amide bonds. The van der Waals surface area contributed by atoms with Gasteiger partial charge in [-0.2, -0.15) is 4.31 Å². The molecule has 21 heavy (non-hydrogen) atoms. The number of ether oxygens (including phenoxy) is 1. The van der Waals surface area contributed by atoms with Crippen LogP contribution in [0.1, 0.15) is 19.3 Å². The number of nitrogens with zero attached hydrogens (tertiary/aromatic N) is 1. The first-order valence-electron chi connectivity index (χ1n) is 6.98. The number of likely N-dealkylation sites (N-methyl/N-ethyl adjacent to an activating group) is 1. The first-order chi connectivity index (χ1) is 9.95. The van der Waals surface area contributed by atoms with E-state index < -0.39 is 10.0 Å². The van der Waals surface area contributed by atoms with Crippen LogP contribution in [0.4, 0.5) is 0 Å². The number of benzene rings is 1. The fraction of sp³-hybridized carbons (Fsp3) is 0.571. The first kappa shape index (κ1) is 16.5. The predicted molar refractivity (Wildman–Crippen MR) is 83.5 cm³/mol. The Morgan fingerprint density at radius 3 is 2.81 bits per heavy atom. The lowest BCUT2D eigenvalue weighted by atomic mass is 10.1. The van der Waals surface area contributed by atoms with Crippen LogP contribution >= 0.6 is 11.6 Å². The largest absolute Gasteiger partial charge is 0.495 e. The summed E-state index contributed by atoms with van der Waals surface area (Å²) in [4.78, 5) is 0.146. The number of methoxy groups -OCH3 is 1. The van der Waals surface area contributed by atoms with Gasteiger partial charge < -0.3 is 10.1 Å². The summed E-state index contributed by atoms with van der Waals surface area (Å²) < 4.78 is 31.9. The highest BCUT2D eigenvalue weighted by Gasteiger charge is 2.27. The van der Waals surface area contributed by atoms with Crippen LogP contribution in [0.2, 0.25) is 5.02 Å². The zero-order valence-corrected chi connectivity index (χ0v) is 13.9. The molecule has 0 spiro atoms. The molecule has 1 N–H and O–H groups in total. The fourth-order valence-corrected chi connectivity index (χ4v) is 4.02. The van der Waals surface area contributed by atoms with Gasteiger partial charge >= 0.3 is 0 Å². The molecular formula is C14H21ClN2O3S. The predicted octanol–water partition coefficient (Wildman–Crippen LogP) is 2.11. The highest BCUT2D eigenvalue weighted by molar-refractivity contribution is 7.89. The van der Waals surface area contributed by atoms with Gasteiger partial charge in [-0.25, -0.2) is 8.42 Å². The van der Waals surface area contributed by atoms with Gasteiger partial charge in [0.1, 0.15) is 10.6 Å². The molecule has 2 rings (SSSR count). The van der Waals surface area contributed by atoms with E-state index >= 15 is 0 Å². The van der Waals surface area contributed by atoms with Crippen LogP contribution in [0.5, 0.6) is 5.75 Å². The van der Waals surface area contributed by atoms with Crippen molar-refractivity contribution in [3.05, 3.63) is 23.2 Å². The van der Waals surface area contributed by atoms with Gasteiger partial charge in [0.2, 0.25) is 10.0 Å². The second kappa shape index (κ2) is 6.96. The second-order valence-corrected chi connectivity index (χ2v) is 7.68. The van der Waals surface area contributed by atoms with Gasteiger partial charge in [0.05, 0.1) is 7.11 Å². The number of nitrogens with one attached hydrogen (secondary N) is 1. The summed E-state index contributed by atoms with van der Waals surface area (Å²) in [7, 11) is -0.553. The third kappa shape index (κ3) is 3.88. The maximum Gasteiger partial charge on any atom is 0.246 e. The molecule has 118 valence electrons. The molecule has 1 atom stereocenters. The minimum atomic E-state index is -3.59. The van der Waals surface area contributed by atoms with E-state index in [1.807, 2.05) is 0 Å². The molecule has 1 heterocycles. The second-order valence-electron chi connectivity index (χ2n) is 5.23. The Morgan fingerprint density at radius 1 is 1.43 bits per heavy atom. The van der Waals surface area contributed by atoms with E-state index in [1.54, 1.807) is 13.1 Å². The number of piperidine rings is 1. The molecule has 0 bridgehead atoms. The van der Waals surface area contributed by atoms with E-state index in [1.165, 1.54) is 23.5 Å². The molecule has 1 aliphatic heterocycles. The van der Waals surface area contributed by atoms with Crippen molar-refractivity contribution in [3.63, 3.8) is 0 Å². The van der Waals surface area contributed by atoms with Crippen LogP contribution in [0, 0.1) is 0 Å². The third-order valence-corrected chi connectivity index (χ3v) is 5.80. The van der Waals surface area contributed by atoms with Gasteiger partial charge in [-0.1, -0.05) is 18.0 Å². The summed E-state index contributed by atoms with van der Waals surface area (Å²) in [5.41, 5.74) is 0. The molecule has 0 saturated carbocycles. The van der Waals surface area contributed by atoms with E-state index in [0.29, 0.717) is 11.6 Å². The van der Waals surface area contributed by atoms with Gasteiger partial charge in [-0.15, -0.1) is 0 Å². The molecule has 1 saturated heterocycles. The average Bonchev–Trinajstić information content (AvgIpc) is 2.47. The van der Waals surface area contributed by atoms with Crippen molar-refractivity contribution in [2.45, 2.75) is 30.2 Å². The topological polar surface area (TPSA) is 58.6 Å². The lowest BCUT2D eigenvalue weighted by Gasteiger charge is -2.28. The standard InChI is InChI=1S/C14H21ClN2O3S/c1-17(10-12-5-3-4-8-16-12)21(18,19)14-7-6-11(15)9-13(14)20-2/h6-7,9,12,16H,3-5,8,10H2,1-2H3. The molecule has 0 aliphatic carbocycles. The van der Waals surface area contributed by atoms with Crippen LogP contribution < -0.4 is 10.1 Å². The van der Waals surface area contributed by atoms with Gasteiger partial charge in [-0.3, -0.25) is 0 Å². The van der Waals surface area contributed by atoms with Crippen molar-refractivity contribution in [2.75, 3.05) is 27.2 Å². The third-order valence-electron chi connectivity index (χ3n) is 3.70. The fourth-order valence-electron chi connectivity index (χ4n) is 2.51. The van der Waals surface area contributed by atoms with Crippen molar-refractivity contribution in [1.29, 1.82) is 0 Å². The average molecular weight is 333 g/mol. The highest BCUT2D eigenvalue weighted by atomic mass is 35.5. The number of rotatable bonds is 5. The molecule has 1 unspecified atom stereocenters. The maximum absolute atomic E-state index is 12.7. The molecule has 1 fully saturated rings. The Kier molecular flexibility index (Phi) is 5.48. The Balaban J connectivity index is 2.20. The van der Waals surface area contributed by atoms with E-state index in [4.69, 9.17) is 16.3 Å². The SMILES string of the molecule is COc1cc(Cl)ccc1S(=O)(=O)N(C)CC1CCCCN1. The molecular weight excluding hydrogens is 312 g/mol. The van der Waals surface area contributed by atoms with Crippen molar-refractivity contribution in [3.8, 4) is 5.75 Å². The van der Waals surface area contributed by atoms with Gasteiger partial charge in [0.25, 0.3) is 0 Å². The summed E-state index contributed by atoms with van der Waals surface area (Å²) >= 11 is 5.88. The van der Waals surface area contributed by atoms with E-state index in [0.717, 1.165) is 25.8 Å². The minimum absolute atomic E-state index is 0.146. The van der Waals surface area contributed by atoms with Gasteiger partial charge in [0.15, 0.2) is 0 Å². The molecule has 5 nitrogen and oxygen atoms in total. The minimum Gasteiger partial charge on any atom is -0.495 e. The number of hydrogen-bond acceptors (Lipinski definition) is 4. The summed E-state index contributed by atoms with van der Waals surface area (Å²) in [6.45, 7) is 1.40. The maximum atomic E-state index is 12.7. The van der Waals surface area contributed by atoms with Gasteiger partial charge in [0, 0.05) is 30.7 Å². The van der Waals surface area contributed by atoms with Crippen LogP contribution in [0.3, 0.4) is 0 Å². The molecule has 0 radical (unpaired) electrons. The monoisotopic (exact) mass is 332 g/mol. The number of sulfonamides is 1. The van der Waals surface area contributed by atoms with Crippen molar-refractivity contribution >= 4 is 21.6 Å². The van der Waals surface area contributed by atoms with E-state index in [2.05, 4.69) is 5.32 Å². The quantitative estimate of drug-likeness (QED) is 0.897. The molecule has 0 aromatic heterocycles. The Morgan fingerprint density at radius 2 is 2.19 bits per heavy atom. The summed E-state index contributed by atoms with van der Waals surface area (Å²) in [6, 6.07) is 4.77. The van der Waals surface area contributed by atoms with Crippen molar-refractivity contribution < 1.29 is 13.2 Å². The van der Waals surface area contributed by atoms with Gasteiger partial charge in [-0.05, 0) is 31.5 Å². The molecule has 1 aliphatic rings. The van der Waals surface area contributed by atoms with E-state index in [9.17, 15) is 8.42 Å². The van der Waals surface area contributed by atoms with Crippen LogP contribution in [-0.2, 0) is 10.0 Å². The van der Waals surface area contributed by atoms with E-state index in [-0.39, 0.29) is 16.7 Å². The Labute approximate surface area is 131 Å². The van der Waals surface area contributed by atoms with Crippen molar-refractivity contribution in [2.24, 2.45) is 0 Å². The smallest absolute Gasteiger partial charge is 0.246 e. The summed E-state index contributed by atoms with van der Waals surface area (Å²) in [5, 5.41) is 3.80. The highest BCUT2D eigenvalue weighted by Crippen LogP contribution is 2.29. The number of hydrogen-bond donors (Lipinski definition) is 1. The normalized spacial score (nSPS) is 19.7. The van der Waals surface area contributed by atoms with Crippen LogP contribution in [0.15, 0.2) is 23.1 Å². The molecule has 1 aromatic carbocycles. The summed E-state index contributed by atoms with van der Waals surface area (Å²) in [5.74, 6) is 0.269. The zero-order chi connectivity index (χ0) is 15.5. The Bertz CT molecular complexity index is 586. The first-order valence-corrected chi connectivity index (χ1v) is 8.80. The lowest BCUT2D eigenvalue weighted by Crippen LogP contribution is -2.44. The Hall–Kier alpha value is -0.820. The summed E-state index contributed by atoms with van der Waals surface area (Å²) in [6.07, 6.45) is 3.28. The van der Waals surface area contributed by atoms with Crippen LogP contribution in [0.25, 0.3) is 0 Å². The molecule has 7 heteroatoms. The van der Waals surface area contributed by atoms with Crippen molar-refractivity contribution in [1.82, 2.24) is 9.62 Å². The van der Waals surface area contributed by atoms with Crippen LogP contribution in [-0.4, -0.2) is 46.0 Å². The number of halogens is 1. The molecule has 1 aromatic rings. The lowest BCUT2D eigenvalue weighted by molar-refractivity contribution is 0.336. The zero-order valence-electron chi connectivity index (χ0n) is 12.3.